The number of carbonyl (C=O) groups is 2. The van der Waals surface area contributed by atoms with Gasteiger partial charge in [0.2, 0.25) is 5.91 Å². The maximum absolute atomic E-state index is 12.9. The molecular weight excluding hydrogens is 400 g/mol. The van der Waals surface area contributed by atoms with Gasteiger partial charge in [0.1, 0.15) is 6.61 Å². The van der Waals surface area contributed by atoms with Crippen molar-refractivity contribution in [1.82, 2.24) is 9.80 Å². The van der Waals surface area contributed by atoms with Crippen LogP contribution in [0.4, 0.5) is 4.79 Å². The van der Waals surface area contributed by atoms with Crippen LogP contribution in [0.15, 0.2) is 30.3 Å². The largest absolute Gasteiger partial charge is 0.445 e. The van der Waals surface area contributed by atoms with E-state index in [9.17, 15) is 9.59 Å². The van der Waals surface area contributed by atoms with E-state index in [1.165, 1.54) is 5.56 Å². The fraction of sp³-hybridized carbons (Fsp3) is 0.630. The summed E-state index contributed by atoms with van der Waals surface area (Å²) in [5, 5.41) is 0. The maximum Gasteiger partial charge on any atom is 0.410 e. The first kappa shape index (κ1) is 27.7. The summed E-state index contributed by atoms with van der Waals surface area (Å²) >= 11 is 0. The van der Waals surface area contributed by atoms with Crippen LogP contribution in [0, 0.1) is 11.3 Å². The van der Waals surface area contributed by atoms with Crippen LogP contribution < -0.4 is 0 Å². The molecule has 0 radical (unpaired) electrons. The zero-order chi connectivity index (χ0) is 24.9. The van der Waals surface area contributed by atoms with Crippen molar-refractivity contribution >= 4 is 18.1 Å². The Labute approximate surface area is 195 Å². The van der Waals surface area contributed by atoms with E-state index in [0.717, 1.165) is 12.0 Å². The monoisotopic (exact) mass is 444 g/mol. The highest BCUT2D eigenvalue weighted by atomic mass is 16.6. The molecule has 0 spiro atoms. The van der Waals surface area contributed by atoms with Gasteiger partial charge in [0.05, 0.1) is 11.1 Å². The number of nitrogens with zero attached hydrogens (tertiary/aromatic N) is 2. The standard InChI is InChI=1S/C27H44N2O3/c1-20(2)19-22-16-14-21(15-17-22)13-12-18-32-24(31)29(11)27(8,9)26(6,7)28(10)23(30)25(3,4)5/h12-17,20H,18-19H2,1-11H3/b13-12+. The second-order valence-electron chi connectivity index (χ2n) is 11.1. The van der Waals surface area contributed by atoms with Gasteiger partial charge in [-0.2, -0.15) is 0 Å². The Hall–Kier alpha value is -2.30. The van der Waals surface area contributed by atoms with Crippen molar-refractivity contribution in [2.24, 2.45) is 11.3 Å². The van der Waals surface area contributed by atoms with Crippen molar-refractivity contribution in [3.8, 4) is 0 Å². The number of ether oxygens (including phenoxy) is 1. The summed E-state index contributed by atoms with van der Waals surface area (Å²) < 4.78 is 5.49. The van der Waals surface area contributed by atoms with Crippen LogP contribution in [0.25, 0.3) is 6.08 Å². The molecule has 1 aromatic rings. The molecule has 2 amide bonds. The Morgan fingerprint density at radius 2 is 1.41 bits per heavy atom. The summed E-state index contributed by atoms with van der Waals surface area (Å²) in [5.74, 6) is 0.660. The summed E-state index contributed by atoms with van der Waals surface area (Å²) in [7, 11) is 3.51. The molecule has 5 heteroatoms. The van der Waals surface area contributed by atoms with E-state index in [4.69, 9.17) is 4.74 Å². The predicted molar refractivity (Wildman–Crippen MR) is 134 cm³/mol. The molecular formula is C27H44N2O3. The summed E-state index contributed by atoms with van der Waals surface area (Å²) in [4.78, 5) is 28.9. The lowest BCUT2D eigenvalue weighted by Crippen LogP contribution is -2.66. The van der Waals surface area contributed by atoms with E-state index in [0.29, 0.717) is 5.92 Å². The first-order valence-electron chi connectivity index (χ1n) is 11.5. The molecule has 180 valence electrons. The Bertz CT molecular complexity index is 799. The fourth-order valence-corrected chi connectivity index (χ4v) is 3.44. The van der Waals surface area contributed by atoms with Crippen molar-refractivity contribution in [3.63, 3.8) is 0 Å². The molecule has 0 unspecified atom stereocenters. The molecule has 0 N–H and O–H groups in total. The Morgan fingerprint density at radius 1 is 0.906 bits per heavy atom. The molecule has 0 aliphatic heterocycles. The highest BCUT2D eigenvalue weighted by molar-refractivity contribution is 5.82. The number of hydrogen-bond acceptors (Lipinski definition) is 3. The maximum atomic E-state index is 12.9. The molecule has 0 aliphatic rings. The Morgan fingerprint density at radius 3 is 1.88 bits per heavy atom. The minimum Gasteiger partial charge on any atom is -0.445 e. The molecule has 0 aliphatic carbocycles. The molecule has 0 saturated carbocycles. The highest BCUT2D eigenvalue weighted by Gasteiger charge is 2.48. The van der Waals surface area contributed by atoms with E-state index in [1.807, 2.05) is 60.6 Å². The van der Waals surface area contributed by atoms with Crippen molar-refractivity contribution < 1.29 is 14.3 Å². The van der Waals surface area contributed by atoms with E-state index in [2.05, 4.69) is 38.1 Å². The van der Waals surface area contributed by atoms with Crippen molar-refractivity contribution in [2.45, 2.75) is 79.8 Å². The third-order valence-electron chi connectivity index (χ3n) is 6.63. The van der Waals surface area contributed by atoms with Crippen molar-refractivity contribution in [1.29, 1.82) is 0 Å². The van der Waals surface area contributed by atoms with Gasteiger partial charge in [-0.05, 0) is 57.2 Å². The Balaban J connectivity index is 2.75. The molecule has 0 atom stereocenters. The first-order chi connectivity index (χ1) is 14.5. The van der Waals surface area contributed by atoms with Gasteiger partial charge in [-0.15, -0.1) is 0 Å². The van der Waals surface area contributed by atoms with Crippen molar-refractivity contribution in [2.75, 3.05) is 20.7 Å². The molecule has 0 fully saturated rings. The molecule has 32 heavy (non-hydrogen) atoms. The summed E-state index contributed by atoms with van der Waals surface area (Å²) in [6.07, 6.45) is 4.45. The highest BCUT2D eigenvalue weighted by Crippen LogP contribution is 2.34. The van der Waals surface area contributed by atoms with Crippen LogP contribution in [-0.2, 0) is 16.0 Å². The van der Waals surface area contributed by atoms with Crippen LogP contribution in [0.1, 0.15) is 73.4 Å². The van der Waals surface area contributed by atoms with Gasteiger partial charge in [0.25, 0.3) is 0 Å². The van der Waals surface area contributed by atoms with Gasteiger partial charge >= 0.3 is 6.09 Å². The number of benzene rings is 1. The van der Waals surface area contributed by atoms with Crippen LogP contribution in [0.3, 0.4) is 0 Å². The van der Waals surface area contributed by atoms with Gasteiger partial charge in [0.15, 0.2) is 0 Å². The first-order valence-corrected chi connectivity index (χ1v) is 11.5. The molecule has 0 saturated heterocycles. The smallest absolute Gasteiger partial charge is 0.410 e. The van der Waals surface area contributed by atoms with Gasteiger partial charge < -0.3 is 14.5 Å². The van der Waals surface area contributed by atoms with E-state index in [-0.39, 0.29) is 12.5 Å². The lowest BCUT2D eigenvalue weighted by molar-refractivity contribution is -0.148. The van der Waals surface area contributed by atoms with Gasteiger partial charge in [-0.1, -0.05) is 65.0 Å². The van der Waals surface area contributed by atoms with Gasteiger partial charge in [0, 0.05) is 19.5 Å². The van der Waals surface area contributed by atoms with Crippen molar-refractivity contribution in [3.05, 3.63) is 41.5 Å². The van der Waals surface area contributed by atoms with Crippen LogP contribution in [0.5, 0.6) is 0 Å². The normalized spacial score (nSPS) is 12.9. The lowest BCUT2D eigenvalue weighted by atomic mass is 9.78. The summed E-state index contributed by atoms with van der Waals surface area (Å²) in [5.41, 5.74) is 0.628. The average Bonchev–Trinajstić information content (AvgIpc) is 2.69. The molecule has 5 nitrogen and oxygen atoms in total. The molecule has 0 heterocycles. The average molecular weight is 445 g/mol. The van der Waals surface area contributed by atoms with Crippen LogP contribution >= 0.6 is 0 Å². The number of likely N-dealkylation sites (N-methyl/N-ethyl adjacent to an activating group) is 2. The Kier molecular flexibility index (Phi) is 9.14. The van der Waals surface area contributed by atoms with Gasteiger partial charge in [-0.3, -0.25) is 4.79 Å². The van der Waals surface area contributed by atoms with Crippen LogP contribution in [0.2, 0.25) is 0 Å². The zero-order valence-electron chi connectivity index (χ0n) is 22.1. The third kappa shape index (κ3) is 6.85. The number of carbonyl (C=O) groups excluding carboxylic acids is 2. The van der Waals surface area contributed by atoms with E-state index >= 15 is 0 Å². The van der Waals surface area contributed by atoms with E-state index < -0.39 is 22.6 Å². The molecule has 0 aromatic heterocycles. The minimum absolute atomic E-state index is 0.0275. The molecule has 1 aromatic carbocycles. The summed E-state index contributed by atoms with van der Waals surface area (Å²) in [6, 6.07) is 8.44. The number of amides is 2. The van der Waals surface area contributed by atoms with Gasteiger partial charge in [-0.25, -0.2) is 4.79 Å². The van der Waals surface area contributed by atoms with Crippen LogP contribution in [-0.4, -0.2) is 53.6 Å². The lowest BCUT2D eigenvalue weighted by Gasteiger charge is -2.52. The molecule has 1 rings (SSSR count). The topological polar surface area (TPSA) is 49.9 Å². The second-order valence-corrected chi connectivity index (χ2v) is 11.1. The summed E-state index contributed by atoms with van der Waals surface area (Å²) in [6.45, 7) is 18.2. The quantitative estimate of drug-likeness (QED) is 0.492. The zero-order valence-corrected chi connectivity index (χ0v) is 22.1. The number of hydrogen-bond donors (Lipinski definition) is 0. The predicted octanol–water partition coefficient (Wildman–Crippen LogP) is 6.03. The second kappa shape index (κ2) is 10.5. The SMILES string of the molecule is CC(C)Cc1ccc(/C=C/COC(=O)N(C)C(C)(C)C(C)(C)N(C)C(=O)C(C)(C)C)cc1. The number of rotatable bonds is 8. The third-order valence-corrected chi connectivity index (χ3v) is 6.63. The molecule has 0 bridgehead atoms. The van der Waals surface area contributed by atoms with E-state index in [1.54, 1.807) is 23.9 Å². The minimum atomic E-state index is -0.657. The fourth-order valence-electron chi connectivity index (χ4n) is 3.44.